The van der Waals surface area contributed by atoms with Crippen LogP contribution in [-0.2, 0) is 22.1 Å². The zero-order valence-electron chi connectivity index (χ0n) is 13.3. The molecule has 0 fully saturated rings. The maximum Gasteiger partial charge on any atom is 0.193 e. The minimum atomic E-state index is -3.17. The highest BCUT2D eigenvalue weighted by atomic mass is 127. The summed E-state index contributed by atoms with van der Waals surface area (Å²) in [4.78, 5) is 6.20. The maximum atomic E-state index is 13.4. The lowest BCUT2D eigenvalue weighted by Crippen LogP contribution is -2.36. The van der Waals surface area contributed by atoms with E-state index in [-0.39, 0.29) is 36.3 Å². The molecule has 5 nitrogen and oxygen atoms in total. The summed E-state index contributed by atoms with van der Waals surface area (Å²) in [6, 6.07) is 4.11. The molecule has 1 aromatic rings. The van der Waals surface area contributed by atoms with Gasteiger partial charge in [0.1, 0.15) is 5.82 Å². The van der Waals surface area contributed by atoms with Gasteiger partial charge in [-0.2, -0.15) is 0 Å². The van der Waals surface area contributed by atoms with Crippen LogP contribution in [-0.4, -0.2) is 46.2 Å². The van der Waals surface area contributed by atoms with Gasteiger partial charge in [-0.25, -0.2) is 17.8 Å². The average Bonchev–Trinajstić information content (AvgIpc) is 2.35. The molecule has 0 aromatic heterocycles. The van der Waals surface area contributed by atoms with Gasteiger partial charge in [0.15, 0.2) is 15.8 Å². The Hall–Kier alpha value is -0.900. The van der Waals surface area contributed by atoms with E-state index < -0.39 is 15.7 Å². The molecule has 0 aliphatic rings. The number of benzene rings is 1. The maximum absolute atomic E-state index is 13.4. The number of rotatable bonds is 5. The van der Waals surface area contributed by atoms with E-state index in [9.17, 15) is 12.8 Å². The van der Waals surface area contributed by atoms with E-state index in [2.05, 4.69) is 10.3 Å². The van der Waals surface area contributed by atoms with E-state index in [1.54, 1.807) is 0 Å². The van der Waals surface area contributed by atoms with Gasteiger partial charge in [0.2, 0.25) is 0 Å². The highest BCUT2D eigenvalue weighted by molar-refractivity contribution is 14.0. The molecule has 0 atom stereocenters. The summed E-state index contributed by atoms with van der Waals surface area (Å²) in [5, 5.41) is 3.10. The van der Waals surface area contributed by atoms with Crippen molar-refractivity contribution in [3.8, 4) is 0 Å². The fourth-order valence-corrected chi connectivity index (χ4v) is 2.69. The Morgan fingerprint density at radius 1 is 1.32 bits per heavy atom. The van der Waals surface area contributed by atoms with Gasteiger partial charge in [0, 0.05) is 26.9 Å². The largest absolute Gasteiger partial charge is 0.357 e. The van der Waals surface area contributed by atoms with Crippen LogP contribution in [0.15, 0.2) is 23.2 Å². The summed E-state index contributed by atoms with van der Waals surface area (Å²) in [6.45, 7) is 2.90. The molecule has 0 heterocycles. The van der Waals surface area contributed by atoms with Gasteiger partial charge in [0.25, 0.3) is 0 Å². The van der Waals surface area contributed by atoms with Crippen molar-refractivity contribution in [2.75, 3.05) is 26.9 Å². The van der Waals surface area contributed by atoms with Crippen LogP contribution in [0.25, 0.3) is 0 Å². The predicted octanol–water partition coefficient (Wildman–Crippen LogP) is 2.02. The lowest BCUT2D eigenvalue weighted by atomic mass is 10.1. The second-order valence-electron chi connectivity index (χ2n) is 5.05. The van der Waals surface area contributed by atoms with Crippen LogP contribution >= 0.6 is 24.0 Å². The van der Waals surface area contributed by atoms with Gasteiger partial charge in [-0.1, -0.05) is 6.07 Å². The molecule has 1 N–H and O–H groups in total. The van der Waals surface area contributed by atoms with Crippen LogP contribution < -0.4 is 5.32 Å². The van der Waals surface area contributed by atoms with E-state index in [0.717, 1.165) is 12.8 Å². The zero-order chi connectivity index (χ0) is 16.0. The first kappa shape index (κ1) is 21.1. The van der Waals surface area contributed by atoms with Crippen molar-refractivity contribution >= 4 is 39.8 Å². The molecule has 0 amide bonds. The number of sulfone groups is 1. The summed E-state index contributed by atoms with van der Waals surface area (Å²) < 4.78 is 36.3. The van der Waals surface area contributed by atoms with E-state index in [4.69, 9.17) is 0 Å². The van der Waals surface area contributed by atoms with Crippen molar-refractivity contribution in [2.45, 2.75) is 19.2 Å². The van der Waals surface area contributed by atoms with Gasteiger partial charge < -0.3 is 10.2 Å². The summed E-state index contributed by atoms with van der Waals surface area (Å²) in [5.41, 5.74) is 1.16. The molecule has 0 aliphatic heterocycles. The van der Waals surface area contributed by atoms with Crippen LogP contribution in [0.5, 0.6) is 0 Å². The molecule has 126 valence electrons. The molecule has 22 heavy (non-hydrogen) atoms. The molecule has 0 saturated carbocycles. The van der Waals surface area contributed by atoms with E-state index >= 15 is 0 Å². The number of aliphatic imine (C=N–C) groups is 1. The standard InChI is InChI=1S/C14H22FN3O2S.HI/c1-5-16-14(18(2)3)17-9-12-8-13(15)7-6-11(12)10-21(4,19)20;/h6-8H,5,9-10H2,1-4H3,(H,16,17);1H. The van der Waals surface area contributed by atoms with E-state index in [0.29, 0.717) is 17.1 Å². The lowest BCUT2D eigenvalue weighted by Gasteiger charge is -2.17. The first-order valence-electron chi connectivity index (χ1n) is 6.63. The zero-order valence-corrected chi connectivity index (χ0v) is 16.4. The van der Waals surface area contributed by atoms with Gasteiger partial charge in [0.05, 0.1) is 12.3 Å². The molecule has 1 rings (SSSR count). The summed E-state index contributed by atoms with van der Waals surface area (Å²) in [5.74, 6) is 0.163. The topological polar surface area (TPSA) is 61.8 Å². The van der Waals surface area contributed by atoms with Crippen molar-refractivity contribution in [3.63, 3.8) is 0 Å². The third kappa shape index (κ3) is 7.39. The second-order valence-corrected chi connectivity index (χ2v) is 7.19. The number of hydrogen-bond donors (Lipinski definition) is 1. The van der Waals surface area contributed by atoms with Gasteiger partial charge in [-0.05, 0) is 30.2 Å². The highest BCUT2D eigenvalue weighted by Crippen LogP contribution is 2.15. The lowest BCUT2D eigenvalue weighted by molar-refractivity contribution is 0.582. The fraction of sp³-hybridized carbons (Fsp3) is 0.500. The third-order valence-corrected chi connectivity index (χ3v) is 3.58. The SMILES string of the molecule is CCNC(=NCc1cc(F)ccc1CS(C)(=O)=O)N(C)C.I. The van der Waals surface area contributed by atoms with Crippen molar-refractivity contribution < 1.29 is 12.8 Å². The molecule has 8 heteroatoms. The molecule has 1 aromatic carbocycles. The highest BCUT2D eigenvalue weighted by Gasteiger charge is 2.11. The summed E-state index contributed by atoms with van der Waals surface area (Å²) >= 11 is 0. The fourth-order valence-electron chi connectivity index (χ4n) is 1.84. The Labute approximate surface area is 148 Å². The molecule has 0 bridgehead atoms. The van der Waals surface area contributed by atoms with Crippen molar-refractivity contribution in [1.29, 1.82) is 0 Å². The Balaban J connectivity index is 0.00000441. The molecular weight excluding hydrogens is 420 g/mol. The molecular formula is C14H23FIN3O2S. The monoisotopic (exact) mass is 443 g/mol. The molecule has 0 unspecified atom stereocenters. The van der Waals surface area contributed by atoms with Crippen LogP contribution in [0.4, 0.5) is 4.39 Å². The van der Waals surface area contributed by atoms with Crippen molar-refractivity contribution in [2.24, 2.45) is 4.99 Å². The quantitative estimate of drug-likeness (QED) is 0.430. The summed E-state index contributed by atoms with van der Waals surface area (Å²) in [6.07, 6.45) is 1.16. The summed E-state index contributed by atoms with van der Waals surface area (Å²) in [7, 11) is 0.529. The van der Waals surface area contributed by atoms with Crippen LogP contribution in [0.1, 0.15) is 18.1 Å². The number of nitrogens with zero attached hydrogens (tertiary/aromatic N) is 2. The Bertz CT molecular complexity index is 619. The average molecular weight is 443 g/mol. The first-order valence-corrected chi connectivity index (χ1v) is 8.69. The van der Waals surface area contributed by atoms with Crippen LogP contribution in [0.3, 0.4) is 0 Å². The normalized spacial score (nSPS) is 11.8. The number of nitrogens with one attached hydrogen (secondary N) is 1. The van der Waals surface area contributed by atoms with Gasteiger partial charge in [-0.3, -0.25) is 0 Å². The smallest absolute Gasteiger partial charge is 0.193 e. The minimum absolute atomic E-state index is 0. The molecule has 0 saturated heterocycles. The number of hydrogen-bond acceptors (Lipinski definition) is 3. The van der Waals surface area contributed by atoms with Crippen LogP contribution in [0.2, 0.25) is 0 Å². The molecule has 0 radical (unpaired) electrons. The van der Waals surface area contributed by atoms with Crippen LogP contribution in [0, 0.1) is 5.82 Å². The second kappa shape index (κ2) is 9.29. The third-order valence-electron chi connectivity index (χ3n) is 2.74. The number of guanidine groups is 1. The molecule has 0 spiro atoms. The number of halogens is 2. The first-order chi connectivity index (χ1) is 9.73. The van der Waals surface area contributed by atoms with E-state index in [1.807, 2.05) is 25.9 Å². The molecule has 0 aliphatic carbocycles. The Morgan fingerprint density at radius 3 is 2.45 bits per heavy atom. The predicted molar refractivity (Wildman–Crippen MR) is 98.9 cm³/mol. The van der Waals surface area contributed by atoms with Crippen molar-refractivity contribution in [3.05, 3.63) is 35.1 Å². The van der Waals surface area contributed by atoms with E-state index in [1.165, 1.54) is 18.2 Å². The van der Waals surface area contributed by atoms with Gasteiger partial charge >= 0.3 is 0 Å². The van der Waals surface area contributed by atoms with Gasteiger partial charge in [-0.15, -0.1) is 24.0 Å². The minimum Gasteiger partial charge on any atom is -0.357 e. The Kier molecular flexibility index (Phi) is 8.91. The van der Waals surface area contributed by atoms with Crippen molar-refractivity contribution in [1.82, 2.24) is 10.2 Å². The Morgan fingerprint density at radius 2 is 1.95 bits per heavy atom.